The summed E-state index contributed by atoms with van der Waals surface area (Å²) in [7, 11) is 1.25. The van der Waals surface area contributed by atoms with Crippen molar-refractivity contribution >= 4 is 58.7 Å². The lowest BCUT2D eigenvalue weighted by molar-refractivity contribution is -0.136. The van der Waals surface area contributed by atoms with Gasteiger partial charge in [0.25, 0.3) is 5.91 Å². The van der Waals surface area contributed by atoms with Gasteiger partial charge in [0.2, 0.25) is 0 Å². The topological polar surface area (TPSA) is 118 Å². The lowest BCUT2D eigenvalue weighted by Gasteiger charge is -2.17. The van der Waals surface area contributed by atoms with Gasteiger partial charge < -0.3 is 24.7 Å². The van der Waals surface area contributed by atoms with E-state index in [4.69, 9.17) is 32.4 Å². The summed E-state index contributed by atoms with van der Waals surface area (Å²) < 4.78 is 10.7. The minimum Gasteiger partial charge on any atom is -0.465 e. The van der Waals surface area contributed by atoms with E-state index in [-0.39, 0.29) is 35.0 Å². The molecule has 0 bridgehead atoms. The molecule has 0 fully saturated rings. The van der Waals surface area contributed by atoms with Crippen LogP contribution >= 0.6 is 23.2 Å². The Morgan fingerprint density at radius 2 is 1.70 bits per heavy atom. The lowest BCUT2D eigenvalue weighted by Crippen LogP contribution is -2.34. The first-order valence-electron chi connectivity index (χ1n) is 12.2. The molecular weight excluding hydrogens is 557 g/mol. The number of ether oxygens (including phenoxy) is 1. The van der Waals surface area contributed by atoms with Crippen LogP contribution in [0.3, 0.4) is 0 Å². The van der Waals surface area contributed by atoms with Crippen LogP contribution in [-0.4, -0.2) is 42.2 Å². The largest absolute Gasteiger partial charge is 0.465 e. The molecule has 0 radical (unpaired) electrons. The summed E-state index contributed by atoms with van der Waals surface area (Å²) in [6, 6.07) is 17.3. The van der Waals surface area contributed by atoms with Crippen LogP contribution in [0.5, 0.6) is 0 Å². The van der Waals surface area contributed by atoms with E-state index in [0.29, 0.717) is 34.5 Å². The number of furan rings is 1. The molecule has 0 unspecified atom stereocenters. The third-order valence-corrected chi connectivity index (χ3v) is 6.52. The first-order chi connectivity index (χ1) is 19.2. The summed E-state index contributed by atoms with van der Waals surface area (Å²) in [6.07, 6.45) is 2.07. The fraction of sp³-hybridized carbons (Fsp3) is 0.172. The average molecular weight is 582 g/mol. The number of nitrogens with one attached hydrogen (secondary N) is 2. The number of amides is 3. The van der Waals surface area contributed by atoms with E-state index < -0.39 is 17.8 Å². The zero-order chi connectivity index (χ0) is 28.8. The molecule has 40 heavy (non-hydrogen) atoms. The van der Waals surface area contributed by atoms with Crippen molar-refractivity contribution in [2.24, 2.45) is 0 Å². The van der Waals surface area contributed by atoms with Crippen LogP contribution in [0.15, 0.2) is 81.9 Å². The molecule has 0 saturated heterocycles. The Morgan fingerprint density at radius 1 is 1.00 bits per heavy atom. The first kappa shape index (κ1) is 28.7. The quantitative estimate of drug-likeness (QED) is 0.225. The van der Waals surface area contributed by atoms with E-state index in [0.717, 1.165) is 5.56 Å². The Labute approximate surface area is 240 Å². The maximum atomic E-state index is 13.3. The van der Waals surface area contributed by atoms with E-state index in [1.807, 2.05) is 30.3 Å². The number of hydrogen-bond donors (Lipinski definition) is 2. The maximum Gasteiger partial charge on any atom is 0.340 e. The number of benzene rings is 2. The fourth-order valence-corrected chi connectivity index (χ4v) is 4.68. The van der Waals surface area contributed by atoms with E-state index >= 15 is 0 Å². The molecule has 3 aromatic rings. The Hall–Kier alpha value is -4.34. The smallest absolute Gasteiger partial charge is 0.340 e. The minimum absolute atomic E-state index is 0.0956. The molecule has 0 spiro atoms. The Morgan fingerprint density at radius 3 is 2.38 bits per heavy atom. The number of allylic oxidation sites excluding steroid dienone is 1. The molecule has 1 aliphatic rings. The molecule has 2 aromatic carbocycles. The normalized spacial score (nSPS) is 14.1. The molecule has 2 heterocycles. The number of halogens is 2. The molecule has 11 heteroatoms. The summed E-state index contributed by atoms with van der Waals surface area (Å²) in [5.74, 6) is -2.19. The highest BCUT2D eigenvalue weighted by Crippen LogP contribution is 2.32. The number of anilines is 1. The number of nitrogens with zero attached hydrogens (tertiary/aromatic N) is 1. The molecule has 0 atom stereocenters. The van der Waals surface area contributed by atoms with E-state index in [2.05, 4.69) is 10.6 Å². The second-order valence-corrected chi connectivity index (χ2v) is 9.67. The van der Waals surface area contributed by atoms with Gasteiger partial charge in [-0.1, -0.05) is 53.5 Å². The highest BCUT2D eigenvalue weighted by atomic mass is 35.5. The predicted octanol–water partition coefficient (Wildman–Crippen LogP) is 4.76. The van der Waals surface area contributed by atoms with E-state index in [1.165, 1.54) is 31.4 Å². The monoisotopic (exact) mass is 581 g/mol. The van der Waals surface area contributed by atoms with Crippen LogP contribution in [-0.2, 0) is 36.9 Å². The SMILES string of the molecule is COC(=O)C1=C(C)N(CCc2ccccc2)C(=O)/C1=C/c1ccc(CNC(=O)C(=O)Nc2cc(Cl)cc(Cl)c2)o1. The Bertz CT molecular complexity index is 1510. The van der Waals surface area contributed by atoms with Gasteiger partial charge in [0.15, 0.2) is 0 Å². The van der Waals surface area contributed by atoms with Gasteiger partial charge in [-0.15, -0.1) is 0 Å². The number of rotatable bonds is 8. The first-order valence-corrected chi connectivity index (χ1v) is 12.9. The van der Waals surface area contributed by atoms with Crippen LogP contribution in [0.1, 0.15) is 24.0 Å². The van der Waals surface area contributed by atoms with Gasteiger partial charge in [-0.05, 0) is 55.3 Å². The van der Waals surface area contributed by atoms with Crippen LogP contribution in [0.2, 0.25) is 10.0 Å². The fourth-order valence-electron chi connectivity index (χ4n) is 4.15. The van der Waals surface area contributed by atoms with E-state index in [1.54, 1.807) is 24.0 Å². The molecule has 1 aliphatic heterocycles. The zero-order valence-corrected chi connectivity index (χ0v) is 23.1. The van der Waals surface area contributed by atoms with Gasteiger partial charge in [0, 0.05) is 28.0 Å². The molecule has 0 saturated carbocycles. The maximum absolute atomic E-state index is 13.3. The van der Waals surface area contributed by atoms with E-state index in [9.17, 15) is 19.2 Å². The summed E-state index contributed by atoms with van der Waals surface area (Å²) in [4.78, 5) is 51.9. The lowest BCUT2D eigenvalue weighted by atomic mass is 10.1. The van der Waals surface area contributed by atoms with Gasteiger partial charge >= 0.3 is 17.8 Å². The molecular formula is C29H25Cl2N3O6. The van der Waals surface area contributed by atoms with Gasteiger partial charge in [-0.3, -0.25) is 14.4 Å². The van der Waals surface area contributed by atoms with Gasteiger partial charge in [0.05, 0.1) is 24.8 Å². The van der Waals surface area contributed by atoms with Crippen LogP contribution in [0.25, 0.3) is 6.08 Å². The predicted molar refractivity (Wildman–Crippen MR) is 150 cm³/mol. The third kappa shape index (κ3) is 6.80. The summed E-state index contributed by atoms with van der Waals surface area (Å²) in [5.41, 5.74) is 2.12. The second kappa shape index (κ2) is 12.7. The number of hydrogen-bond acceptors (Lipinski definition) is 6. The number of carbonyl (C=O) groups is 4. The number of esters is 1. The zero-order valence-electron chi connectivity index (χ0n) is 21.6. The molecule has 2 N–H and O–H groups in total. The minimum atomic E-state index is -0.914. The van der Waals surface area contributed by atoms with Gasteiger partial charge in [0.1, 0.15) is 11.5 Å². The van der Waals surface area contributed by atoms with Crippen molar-refractivity contribution in [1.82, 2.24) is 10.2 Å². The van der Waals surface area contributed by atoms with Crippen LogP contribution in [0, 0.1) is 0 Å². The molecule has 9 nitrogen and oxygen atoms in total. The van der Waals surface area contributed by atoms with Crippen molar-refractivity contribution in [2.75, 3.05) is 19.0 Å². The third-order valence-electron chi connectivity index (χ3n) is 6.09. The Balaban J connectivity index is 1.43. The van der Waals surface area contributed by atoms with Crippen LogP contribution < -0.4 is 10.6 Å². The number of carbonyl (C=O) groups excluding carboxylic acids is 4. The summed E-state index contributed by atoms with van der Waals surface area (Å²) in [6.45, 7) is 1.98. The molecule has 3 amide bonds. The van der Waals surface area contributed by atoms with Crippen molar-refractivity contribution in [2.45, 2.75) is 19.9 Å². The average Bonchev–Trinajstić information content (AvgIpc) is 3.47. The van der Waals surface area contributed by atoms with Crippen LogP contribution in [0.4, 0.5) is 5.69 Å². The molecule has 206 valence electrons. The Kier molecular flexibility index (Phi) is 9.08. The van der Waals surface area contributed by atoms with Gasteiger partial charge in [-0.2, -0.15) is 0 Å². The molecule has 1 aromatic heterocycles. The summed E-state index contributed by atoms with van der Waals surface area (Å²) in [5, 5.41) is 5.49. The van der Waals surface area contributed by atoms with Gasteiger partial charge in [-0.25, -0.2) is 4.79 Å². The highest BCUT2D eigenvalue weighted by molar-refractivity contribution is 6.40. The standard InChI is InChI=1S/C29H25Cl2N3O6/c1-17-25(29(38)39-2)24(28(37)34(17)11-10-18-6-4-3-5-7-18)15-22-8-9-23(40-22)16-32-26(35)27(36)33-21-13-19(30)12-20(31)14-21/h3-9,12-15H,10-11,16H2,1-2H3,(H,32,35)(H,33,36)/b24-15+. The van der Waals surface area contributed by atoms with Crippen molar-refractivity contribution < 1.29 is 28.3 Å². The number of methoxy groups -OCH3 is 1. The van der Waals surface area contributed by atoms with Crippen molar-refractivity contribution in [3.8, 4) is 0 Å². The van der Waals surface area contributed by atoms with Crippen molar-refractivity contribution in [3.05, 3.63) is 105 Å². The highest BCUT2D eigenvalue weighted by Gasteiger charge is 2.37. The molecule has 4 rings (SSSR count). The van der Waals surface area contributed by atoms with Crippen molar-refractivity contribution in [3.63, 3.8) is 0 Å². The summed E-state index contributed by atoms with van der Waals surface area (Å²) >= 11 is 11.8. The second-order valence-electron chi connectivity index (χ2n) is 8.80. The van der Waals surface area contributed by atoms with Crippen molar-refractivity contribution in [1.29, 1.82) is 0 Å². The molecule has 0 aliphatic carbocycles.